The Bertz CT molecular complexity index is 562. The molecule has 0 saturated carbocycles. The van der Waals surface area contributed by atoms with Crippen molar-refractivity contribution in [2.75, 3.05) is 11.4 Å². The van der Waals surface area contributed by atoms with Crippen molar-refractivity contribution in [2.24, 2.45) is 0 Å². The monoisotopic (exact) mass is 317 g/mol. The third-order valence-corrected chi connectivity index (χ3v) is 4.00. The summed E-state index contributed by atoms with van der Waals surface area (Å²) < 4.78 is 0.522. The van der Waals surface area contributed by atoms with Gasteiger partial charge in [-0.25, -0.2) is 9.97 Å². The second-order valence-corrected chi connectivity index (χ2v) is 5.96. The normalized spacial score (nSPS) is 10.7. The van der Waals surface area contributed by atoms with Crippen LogP contribution in [0.15, 0.2) is 18.3 Å². The third kappa shape index (κ3) is 3.57. The number of aromatic nitrogens is 2. The molecule has 19 heavy (non-hydrogen) atoms. The van der Waals surface area contributed by atoms with E-state index in [9.17, 15) is 0 Å². The van der Waals surface area contributed by atoms with Gasteiger partial charge in [0.15, 0.2) is 4.47 Å². The summed E-state index contributed by atoms with van der Waals surface area (Å²) in [5, 5.41) is 9.72. The van der Waals surface area contributed by atoms with Gasteiger partial charge in [0, 0.05) is 17.6 Å². The van der Waals surface area contributed by atoms with Gasteiger partial charge in [0.25, 0.3) is 0 Å². The molecule has 0 aromatic carbocycles. The van der Waals surface area contributed by atoms with Gasteiger partial charge < -0.3 is 10.0 Å². The van der Waals surface area contributed by atoms with Gasteiger partial charge in [0.2, 0.25) is 0 Å². The van der Waals surface area contributed by atoms with Crippen molar-refractivity contribution < 1.29 is 5.11 Å². The third-order valence-electron chi connectivity index (χ3n) is 2.60. The van der Waals surface area contributed by atoms with E-state index in [2.05, 4.69) is 9.97 Å². The molecule has 0 amide bonds. The van der Waals surface area contributed by atoms with Crippen LogP contribution in [0.2, 0.25) is 9.49 Å². The zero-order valence-corrected chi connectivity index (χ0v) is 12.6. The van der Waals surface area contributed by atoms with Crippen molar-refractivity contribution in [1.82, 2.24) is 9.97 Å². The first-order valence-corrected chi connectivity index (χ1v) is 7.32. The lowest BCUT2D eigenvalue weighted by molar-refractivity contribution is 0.277. The fraction of sp³-hybridized carbons (Fsp3) is 0.333. The number of anilines is 1. The van der Waals surface area contributed by atoms with Crippen molar-refractivity contribution in [2.45, 2.75) is 20.1 Å². The van der Waals surface area contributed by atoms with Crippen molar-refractivity contribution in [3.05, 3.63) is 38.4 Å². The van der Waals surface area contributed by atoms with Crippen LogP contribution in [-0.2, 0) is 13.2 Å². The highest BCUT2D eigenvalue weighted by Gasteiger charge is 2.13. The Labute approximate surface area is 125 Å². The number of aliphatic hydroxyl groups is 1. The van der Waals surface area contributed by atoms with Crippen LogP contribution in [0.3, 0.4) is 0 Å². The van der Waals surface area contributed by atoms with Gasteiger partial charge in [0.1, 0.15) is 5.82 Å². The first-order valence-electron chi connectivity index (χ1n) is 5.75. The summed E-state index contributed by atoms with van der Waals surface area (Å²) >= 11 is 13.4. The standard InChI is InChI=1S/C12H13Cl2N3OS/c1-2-17(6-9-5-15-12(14)19-9)11-10(13)4-3-8(7-18)16-11/h3-5,18H,2,6-7H2,1H3. The van der Waals surface area contributed by atoms with Crippen molar-refractivity contribution in [3.8, 4) is 0 Å². The Balaban J connectivity index is 2.26. The molecule has 0 radical (unpaired) electrons. The van der Waals surface area contributed by atoms with Crippen LogP contribution in [0.5, 0.6) is 0 Å². The molecule has 0 spiro atoms. The first kappa shape index (κ1) is 14.5. The van der Waals surface area contributed by atoms with E-state index < -0.39 is 0 Å². The lowest BCUT2D eigenvalue weighted by Gasteiger charge is -2.22. The molecule has 0 fully saturated rings. The molecule has 0 bridgehead atoms. The molecule has 0 atom stereocenters. The quantitative estimate of drug-likeness (QED) is 0.918. The van der Waals surface area contributed by atoms with E-state index in [0.29, 0.717) is 27.5 Å². The SMILES string of the molecule is CCN(Cc1cnc(Cl)s1)c1nc(CO)ccc1Cl. The summed E-state index contributed by atoms with van der Waals surface area (Å²) in [4.78, 5) is 11.4. The molecule has 2 aromatic rings. The van der Waals surface area contributed by atoms with Gasteiger partial charge in [-0.15, -0.1) is 11.3 Å². The minimum absolute atomic E-state index is 0.103. The number of nitrogens with zero attached hydrogens (tertiary/aromatic N) is 3. The molecule has 7 heteroatoms. The van der Waals surface area contributed by atoms with E-state index in [-0.39, 0.29) is 6.61 Å². The summed E-state index contributed by atoms with van der Waals surface area (Å²) in [5.74, 6) is 0.667. The molecular formula is C12H13Cl2N3OS. The Morgan fingerprint density at radius 3 is 2.74 bits per heavy atom. The van der Waals surface area contributed by atoms with Crippen molar-refractivity contribution in [1.29, 1.82) is 0 Å². The fourth-order valence-corrected chi connectivity index (χ4v) is 2.88. The van der Waals surface area contributed by atoms with E-state index >= 15 is 0 Å². The van der Waals surface area contributed by atoms with Gasteiger partial charge in [-0.05, 0) is 19.1 Å². The highest BCUT2D eigenvalue weighted by atomic mass is 35.5. The summed E-state index contributed by atoms with van der Waals surface area (Å²) in [6.07, 6.45) is 1.75. The number of rotatable bonds is 5. The van der Waals surface area contributed by atoms with E-state index in [4.69, 9.17) is 28.3 Å². The molecule has 2 heterocycles. The Kier molecular flexibility index (Phi) is 4.99. The summed E-state index contributed by atoms with van der Waals surface area (Å²) in [6, 6.07) is 3.46. The van der Waals surface area contributed by atoms with Crippen LogP contribution < -0.4 is 4.90 Å². The van der Waals surface area contributed by atoms with Crippen LogP contribution in [0.25, 0.3) is 0 Å². The minimum atomic E-state index is -0.103. The largest absolute Gasteiger partial charge is 0.390 e. The van der Waals surface area contributed by atoms with Crippen LogP contribution >= 0.6 is 34.5 Å². The molecule has 0 unspecified atom stereocenters. The second kappa shape index (κ2) is 6.52. The maximum absolute atomic E-state index is 9.15. The van der Waals surface area contributed by atoms with Gasteiger partial charge in [-0.1, -0.05) is 23.2 Å². The number of hydrogen-bond acceptors (Lipinski definition) is 5. The Morgan fingerprint density at radius 2 is 2.16 bits per heavy atom. The molecule has 0 aliphatic carbocycles. The molecule has 0 saturated heterocycles. The molecule has 102 valence electrons. The predicted octanol–water partition coefficient (Wildman–Crippen LogP) is 3.36. The fourth-order valence-electron chi connectivity index (χ4n) is 1.66. The summed E-state index contributed by atoms with van der Waals surface area (Å²) in [6.45, 7) is 3.31. The number of halogens is 2. The summed E-state index contributed by atoms with van der Waals surface area (Å²) in [5.41, 5.74) is 0.597. The average molecular weight is 318 g/mol. The molecular weight excluding hydrogens is 305 g/mol. The lowest BCUT2D eigenvalue weighted by atomic mass is 10.3. The van der Waals surface area contributed by atoms with Gasteiger partial charge in [-0.3, -0.25) is 0 Å². The Morgan fingerprint density at radius 1 is 1.37 bits per heavy atom. The lowest BCUT2D eigenvalue weighted by Crippen LogP contribution is -2.23. The van der Waals surface area contributed by atoms with Gasteiger partial charge in [0.05, 0.1) is 23.9 Å². The number of pyridine rings is 1. The zero-order chi connectivity index (χ0) is 13.8. The van der Waals surface area contributed by atoms with E-state index in [1.54, 1.807) is 18.3 Å². The maximum Gasteiger partial charge on any atom is 0.183 e. The summed E-state index contributed by atoms with van der Waals surface area (Å²) in [7, 11) is 0. The molecule has 1 N–H and O–H groups in total. The number of aliphatic hydroxyl groups excluding tert-OH is 1. The van der Waals surface area contributed by atoms with E-state index in [1.165, 1.54) is 11.3 Å². The minimum Gasteiger partial charge on any atom is -0.390 e. The highest BCUT2D eigenvalue weighted by molar-refractivity contribution is 7.15. The molecule has 2 aromatic heterocycles. The van der Waals surface area contributed by atoms with Crippen LogP contribution in [0.4, 0.5) is 5.82 Å². The zero-order valence-electron chi connectivity index (χ0n) is 10.3. The molecule has 0 aliphatic rings. The van der Waals surface area contributed by atoms with E-state index in [0.717, 1.165) is 11.4 Å². The van der Waals surface area contributed by atoms with Gasteiger partial charge in [-0.2, -0.15) is 0 Å². The van der Waals surface area contributed by atoms with Crippen LogP contribution in [0.1, 0.15) is 17.5 Å². The predicted molar refractivity (Wildman–Crippen MR) is 79.0 cm³/mol. The van der Waals surface area contributed by atoms with Crippen LogP contribution in [-0.4, -0.2) is 21.6 Å². The maximum atomic E-state index is 9.15. The van der Waals surface area contributed by atoms with Crippen molar-refractivity contribution in [3.63, 3.8) is 0 Å². The molecule has 2 rings (SSSR count). The average Bonchev–Trinajstić information content (AvgIpc) is 2.82. The molecule has 4 nitrogen and oxygen atoms in total. The van der Waals surface area contributed by atoms with E-state index in [1.807, 2.05) is 11.8 Å². The molecule has 0 aliphatic heterocycles. The topological polar surface area (TPSA) is 49.2 Å². The van der Waals surface area contributed by atoms with Crippen LogP contribution in [0, 0.1) is 0 Å². The second-order valence-electron chi connectivity index (χ2n) is 3.86. The van der Waals surface area contributed by atoms with Gasteiger partial charge >= 0.3 is 0 Å². The highest BCUT2D eigenvalue weighted by Crippen LogP contribution is 2.27. The number of hydrogen-bond donors (Lipinski definition) is 1. The van der Waals surface area contributed by atoms with Crippen molar-refractivity contribution >= 4 is 40.4 Å². The smallest absolute Gasteiger partial charge is 0.183 e. The number of thiazole rings is 1. The first-order chi connectivity index (χ1) is 9.13. The Hall–Kier alpha value is -0.880.